The molecule has 3 aromatic carbocycles. The Hall–Kier alpha value is -3.22. The van der Waals surface area contributed by atoms with Gasteiger partial charge < -0.3 is 15.4 Å². The van der Waals surface area contributed by atoms with Crippen LogP contribution in [0.3, 0.4) is 0 Å². The van der Waals surface area contributed by atoms with Gasteiger partial charge in [0.05, 0.1) is 5.25 Å². The van der Waals surface area contributed by atoms with Gasteiger partial charge in [-0.25, -0.2) is 12.8 Å². The fraction of sp³-hybridized carbons (Fsp3) is 0.378. The molecule has 3 unspecified atom stereocenters. The van der Waals surface area contributed by atoms with E-state index >= 15 is 0 Å². The average Bonchev–Trinajstić information content (AvgIpc) is 3.81. The van der Waals surface area contributed by atoms with Gasteiger partial charge in [-0.2, -0.15) is 18.2 Å². The molecule has 9 nitrogen and oxygen atoms in total. The van der Waals surface area contributed by atoms with Crippen LogP contribution in [0.4, 0.5) is 4.39 Å². The van der Waals surface area contributed by atoms with Crippen LogP contribution in [0.1, 0.15) is 58.6 Å². The van der Waals surface area contributed by atoms with Gasteiger partial charge in [-0.3, -0.25) is 19.1 Å². The number of carbonyl (C=O) groups is 3. The summed E-state index contributed by atoms with van der Waals surface area (Å²) in [5, 5.41) is 0.0182. The topological polar surface area (TPSA) is 136 Å². The summed E-state index contributed by atoms with van der Waals surface area (Å²) in [5.74, 6) is 0.0893. The molecule has 0 bridgehead atoms. The Morgan fingerprint density at radius 2 is 1.74 bits per heavy atom. The molecule has 3 amide bonds. The van der Waals surface area contributed by atoms with Crippen molar-refractivity contribution in [3.63, 3.8) is 0 Å². The van der Waals surface area contributed by atoms with Crippen molar-refractivity contribution < 1.29 is 61.5 Å². The van der Waals surface area contributed by atoms with Gasteiger partial charge in [-0.05, 0) is 73.1 Å². The predicted molar refractivity (Wildman–Crippen MR) is 189 cm³/mol. The molecule has 3 aromatic rings. The second kappa shape index (κ2) is 18.9. The van der Waals surface area contributed by atoms with Gasteiger partial charge in [-0.15, -0.1) is 18.7 Å². The number of nitrogens with one attached hydrogen (secondary N) is 1. The summed E-state index contributed by atoms with van der Waals surface area (Å²) in [6, 6.07) is 20.7. The van der Waals surface area contributed by atoms with Gasteiger partial charge >= 0.3 is 29.6 Å². The van der Waals surface area contributed by atoms with Crippen molar-refractivity contribution in [2.24, 2.45) is 23.0 Å². The number of hydrogen-bond acceptors (Lipinski definition) is 6. The molecule has 3 N–H and O–H groups in total. The van der Waals surface area contributed by atoms with Gasteiger partial charge in [0, 0.05) is 36.1 Å². The maximum atomic E-state index is 12.8. The normalized spacial score (nSPS) is 17.7. The van der Waals surface area contributed by atoms with E-state index in [1.165, 1.54) is 38.1 Å². The second-order valence-electron chi connectivity index (χ2n) is 13.4. The third kappa shape index (κ3) is 13.5. The third-order valence-corrected chi connectivity index (χ3v) is 9.65. The Morgan fingerprint density at radius 1 is 1.10 bits per heavy atom. The Bertz CT molecular complexity index is 1750. The van der Waals surface area contributed by atoms with Gasteiger partial charge in [0.25, 0.3) is 0 Å². The van der Waals surface area contributed by atoms with Crippen molar-refractivity contribution >= 4 is 39.3 Å². The van der Waals surface area contributed by atoms with E-state index in [9.17, 15) is 27.2 Å². The van der Waals surface area contributed by atoms with E-state index < -0.39 is 33.1 Å². The maximum Gasteiger partial charge on any atom is 1.00 e. The van der Waals surface area contributed by atoms with Gasteiger partial charge in [0.15, 0.2) is 0 Å². The molecule has 1 aliphatic carbocycles. The molecule has 1 heterocycles. The number of amides is 3. The molecule has 13 heteroatoms. The summed E-state index contributed by atoms with van der Waals surface area (Å²) in [6.07, 6.45) is 3.14. The van der Waals surface area contributed by atoms with Crippen LogP contribution in [0.2, 0.25) is 5.02 Å². The van der Waals surface area contributed by atoms with E-state index in [0.29, 0.717) is 42.3 Å². The first kappa shape index (κ1) is 42.9. The molecular weight excluding hydrogens is 692 g/mol. The van der Waals surface area contributed by atoms with E-state index in [1.807, 2.05) is 51.1 Å². The zero-order valence-electron chi connectivity index (χ0n) is 29.4. The number of halogens is 2. The van der Waals surface area contributed by atoms with Crippen molar-refractivity contribution in [1.29, 1.82) is 0 Å². The summed E-state index contributed by atoms with van der Waals surface area (Å²) in [7, 11) is -3.47. The predicted octanol–water partition coefficient (Wildman–Crippen LogP) is 3.60. The fourth-order valence-corrected chi connectivity index (χ4v) is 5.68. The van der Waals surface area contributed by atoms with Crippen LogP contribution in [0.5, 0.6) is 11.5 Å². The number of rotatable bonds is 8. The summed E-state index contributed by atoms with van der Waals surface area (Å²) in [4.78, 5) is 37.8. The molecule has 0 spiro atoms. The van der Waals surface area contributed by atoms with Crippen molar-refractivity contribution in [3.05, 3.63) is 107 Å². The smallest absolute Gasteiger partial charge is 0.457 e. The number of allylic oxidation sites excluding steroid dienone is 1. The van der Waals surface area contributed by atoms with Gasteiger partial charge in [0.1, 0.15) is 17.5 Å². The number of nitrogens with two attached hydrogens (primary N) is 1. The Kier molecular flexibility index (Phi) is 16.2. The first-order valence-corrected chi connectivity index (χ1v) is 17.8. The minimum atomic E-state index is -3.47. The van der Waals surface area contributed by atoms with Crippen molar-refractivity contribution in [2.75, 3.05) is 0 Å². The number of primary amides is 1. The van der Waals surface area contributed by atoms with Crippen LogP contribution < -0.4 is 44.7 Å². The average molecular weight is 736 g/mol. The van der Waals surface area contributed by atoms with Crippen LogP contribution >= 0.6 is 11.6 Å². The Labute approximate surface area is 322 Å². The molecule has 2 aliphatic rings. The summed E-state index contributed by atoms with van der Waals surface area (Å²) in [5.41, 5.74) is 7.42. The number of benzene rings is 3. The second-order valence-corrected chi connectivity index (χ2v) is 16.1. The number of ether oxygens (including phenoxy) is 1. The maximum absolute atomic E-state index is 12.8. The fourth-order valence-electron chi connectivity index (χ4n) is 4.84. The van der Waals surface area contributed by atoms with Gasteiger partial charge in [0.2, 0.25) is 27.7 Å². The van der Waals surface area contributed by atoms with E-state index in [4.69, 9.17) is 22.1 Å². The Morgan fingerprint density at radius 3 is 2.24 bits per heavy atom. The zero-order chi connectivity index (χ0) is 36.5. The van der Waals surface area contributed by atoms with E-state index in [0.717, 1.165) is 11.1 Å². The zero-order valence-corrected chi connectivity index (χ0v) is 33.0. The van der Waals surface area contributed by atoms with Crippen LogP contribution in [0, 0.1) is 29.1 Å². The molecule has 264 valence electrons. The van der Waals surface area contributed by atoms with Crippen molar-refractivity contribution in [2.45, 2.75) is 71.7 Å². The molecule has 0 aromatic heterocycles. The van der Waals surface area contributed by atoms with Crippen LogP contribution in [-0.2, 0) is 37.4 Å². The van der Waals surface area contributed by atoms with E-state index in [2.05, 4.69) is 17.4 Å². The summed E-state index contributed by atoms with van der Waals surface area (Å²) >= 11 is 6.00. The minimum absolute atomic E-state index is 0. The number of sulfonamides is 1. The van der Waals surface area contributed by atoms with Crippen LogP contribution in [0.15, 0.2) is 79.4 Å². The first-order chi connectivity index (χ1) is 22.9. The third-order valence-electron chi connectivity index (χ3n) is 7.69. The number of fused-ring (bicyclic) bond motifs is 1. The van der Waals surface area contributed by atoms with Crippen molar-refractivity contribution in [3.8, 4) is 11.5 Å². The van der Waals surface area contributed by atoms with E-state index in [1.54, 1.807) is 23.1 Å². The SMILES string of the molecule is C=CC1CC1C(=O)NS(=O)(=O)C(C)C.CC(C)(C)CC(=O)N1Cc2ccc(Oc3cccc(Cl)c3)cc2CC1C(N)=O.Fc1cc[c-]cc1.[Na+]. The number of nitrogens with zero attached hydrogens (tertiary/aromatic N) is 1. The summed E-state index contributed by atoms with van der Waals surface area (Å²) < 4.78 is 42.5. The monoisotopic (exact) mass is 735 g/mol. The molecule has 1 aliphatic heterocycles. The van der Waals surface area contributed by atoms with Gasteiger partial charge in [-0.1, -0.05) is 50.6 Å². The molecule has 1 saturated carbocycles. The molecule has 0 radical (unpaired) electrons. The standard InChI is InChI=1S/C22H25ClN2O3.C9H15NO3S.C6H4F.Na/c1-22(2,3)12-20(26)25-13-14-7-8-18(9-15(14)10-19(25)21(24)27)28-17-6-4-5-16(23)11-17;1-4-7-5-8(7)9(11)10-14(12,13)6(2)3;7-6-4-2-1-3-5-6;/h4-9,11,19H,10,12-13H2,1-3H3,(H2,24,27);4,6-8H,1,5H2,2-3H3,(H,10,11);2-5H;/q;;-1;+1. The molecule has 5 rings (SSSR count). The number of carbonyl (C=O) groups excluding carboxylic acids is 3. The molecule has 50 heavy (non-hydrogen) atoms. The first-order valence-electron chi connectivity index (χ1n) is 15.8. The van der Waals surface area contributed by atoms with E-state index in [-0.39, 0.29) is 58.5 Å². The summed E-state index contributed by atoms with van der Waals surface area (Å²) in [6.45, 7) is 13.0. The number of hydrogen-bond donors (Lipinski definition) is 2. The quantitative estimate of drug-likeness (QED) is 0.206. The molecule has 1 fully saturated rings. The van der Waals surface area contributed by atoms with Crippen molar-refractivity contribution in [1.82, 2.24) is 9.62 Å². The molecule has 3 atom stereocenters. The van der Waals surface area contributed by atoms with Crippen LogP contribution in [0.25, 0.3) is 0 Å². The minimum Gasteiger partial charge on any atom is -0.457 e. The molecular formula is C37H44ClFN3NaO6S. The largest absolute Gasteiger partial charge is 1.00 e. The molecule has 0 saturated heterocycles. The van der Waals surface area contributed by atoms with Crippen LogP contribution in [-0.4, -0.2) is 42.3 Å². The Balaban J connectivity index is 0.000000326.